The van der Waals surface area contributed by atoms with E-state index in [9.17, 15) is 0 Å². The van der Waals surface area contributed by atoms with Gasteiger partial charge in [0.1, 0.15) is 0 Å². The molecule has 2 heterocycles. The summed E-state index contributed by atoms with van der Waals surface area (Å²) >= 11 is 1.79. The molecule has 2 aromatic carbocycles. The SMILES string of the molecule is Cc1ccc(-c2ccc(C(N)(CN)c3ccc4[nH]cnc4c3)cc2)s1. The van der Waals surface area contributed by atoms with Gasteiger partial charge in [-0.1, -0.05) is 30.3 Å². The summed E-state index contributed by atoms with van der Waals surface area (Å²) in [5.74, 6) is 0. The number of benzene rings is 2. The first kappa shape index (κ1) is 16.0. The van der Waals surface area contributed by atoms with Crippen molar-refractivity contribution in [2.75, 3.05) is 6.54 Å². The Morgan fingerprint density at radius 2 is 1.80 bits per heavy atom. The van der Waals surface area contributed by atoms with Crippen LogP contribution in [-0.4, -0.2) is 16.5 Å². The lowest BCUT2D eigenvalue weighted by atomic mass is 9.83. The van der Waals surface area contributed by atoms with Crippen LogP contribution in [0.3, 0.4) is 0 Å². The van der Waals surface area contributed by atoms with Crippen molar-refractivity contribution in [3.63, 3.8) is 0 Å². The van der Waals surface area contributed by atoms with Crippen molar-refractivity contribution in [1.29, 1.82) is 0 Å². The second kappa shape index (κ2) is 6.11. The van der Waals surface area contributed by atoms with Crippen molar-refractivity contribution in [1.82, 2.24) is 9.97 Å². The van der Waals surface area contributed by atoms with Crippen molar-refractivity contribution >= 4 is 22.4 Å². The smallest absolute Gasteiger partial charge is 0.0931 e. The van der Waals surface area contributed by atoms with Crippen LogP contribution < -0.4 is 11.5 Å². The first-order valence-corrected chi connectivity index (χ1v) is 9.02. The Labute approximate surface area is 150 Å². The summed E-state index contributed by atoms with van der Waals surface area (Å²) in [4.78, 5) is 10.00. The van der Waals surface area contributed by atoms with Crippen LogP contribution in [0.5, 0.6) is 0 Å². The molecule has 126 valence electrons. The van der Waals surface area contributed by atoms with Crippen molar-refractivity contribution in [3.05, 3.63) is 76.9 Å². The number of nitrogens with one attached hydrogen (secondary N) is 1. The second-order valence-corrected chi connectivity index (χ2v) is 7.59. The molecule has 4 aromatic rings. The molecule has 5 N–H and O–H groups in total. The predicted molar refractivity (Wildman–Crippen MR) is 105 cm³/mol. The highest BCUT2D eigenvalue weighted by Crippen LogP contribution is 2.32. The third kappa shape index (κ3) is 2.76. The number of aromatic amines is 1. The third-order valence-electron chi connectivity index (χ3n) is 4.68. The molecule has 0 aliphatic rings. The molecule has 0 fully saturated rings. The van der Waals surface area contributed by atoms with Gasteiger partial charge in [0.15, 0.2) is 0 Å². The Bertz CT molecular complexity index is 1020. The quantitative estimate of drug-likeness (QED) is 0.525. The zero-order chi connectivity index (χ0) is 17.4. The Kier molecular flexibility index (Phi) is 3.92. The minimum atomic E-state index is -0.739. The fourth-order valence-electron chi connectivity index (χ4n) is 3.13. The van der Waals surface area contributed by atoms with E-state index in [1.165, 1.54) is 15.3 Å². The number of nitrogens with two attached hydrogens (primary N) is 2. The Balaban J connectivity index is 1.74. The number of aryl methyl sites for hydroxylation is 1. The molecule has 1 unspecified atom stereocenters. The largest absolute Gasteiger partial charge is 0.345 e. The van der Waals surface area contributed by atoms with Crippen LogP contribution in [-0.2, 0) is 5.54 Å². The number of aromatic nitrogens is 2. The minimum absolute atomic E-state index is 0.320. The molecule has 25 heavy (non-hydrogen) atoms. The Hall–Kier alpha value is -2.47. The topological polar surface area (TPSA) is 80.7 Å². The van der Waals surface area contributed by atoms with E-state index in [2.05, 4.69) is 53.3 Å². The number of fused-ring (bicyclic) bond motifs is 1. The average molecular weight is 348 g/mol. The summed E-state index contributed by atoms with van der Waals surface area (Å²) in [6, 6.07) is 18.7. The van der Waals surface area contributed by atoms with E-state index in [1.54, 1.807) is 17.7 Å². The molecular weight excluding hydrogens is 328 g/mol. The summed E-state index contributed by atoms with van der Waals surface area (Å²) in [7, 11) is 0. The molecular formula is C20H20N4S. The number of rotatable bonds is 4. The molecule has 0 amide bonds. The normalized spacial score (nSPS) is 13.9. The third-order valence-corrected chi connectivity index (χ3v) is 5.73. The van der Waals surface area contributed by atoms with E-state index in [-0.39, 0.29) is 0 Å². The summed E-state index contributed by atoms with van der Waals surface area (Å²) in [5.41, 5.74) is 17.1. The molecule has 1 atom stereocenters. The van der Waals surface area contributed by atoms with Crippen LogP contribution in [0.25, 0.3) is 21.5 Å². The lowest BCUT2D eigenvalue weighted by Gasteiger charge is -2.29. The molecule has 0 radical (unpaired) electrons. The standard InChI is InChI=1S/C20H20N4S/c1-13-2-9-19(25-13)14-3-5-15(6-4-14)20(22,11-21)16-7-8-17-18(10-16)24-12-23-17/h2-10,12H,11,21-22H2,1H3,(H,23,24). The molecule has 0 aliphatic carbocycles. The number of nitrogens with zero attached hydrogens (tertiary/aromatic N) is 1. The molecule has 2 aromatic heterocycles. The van der Waals surface area contributed by atoms with Gasteiger partial charge in [0.2, 0.25) is 0 Å². The highest BCUT2D eigenvalue weighted by molar-refractivity contribution is 7.15. The highest BCUT2D eigenvalue weighted by atomic mass is 32.1. The van der Waals surface area contributed by atoms with Crippen LogP contribution in [0.2, 0.25) is 0 Å². The number of imidazole rings is 1. The van der Waals surface area contributed by atoms with Gasteiger partial charge in [0.25, 0.3) is 0 Å². The van der Waals surface area contributed by atoms with Crippen LogP contribution in [0, 0.1) is 6.92 Å². The van der Waals surface area contributed by atoms with Crippen LogP contribution in [0.15, 0.2) is 60.9 Å². The maximum Gasteiger partial charge on any atom is 0.0931 e. The first-order valence-electron chi connectivity index (χ1n) is 8.20. The van der Waals surface area contributed by atoms with Gasteiger partial charge < -0.3 is 16.5 Å². The predicted octanol–water partition coefficient (Wildman–Crippen LogP) is 3.76. The summed E-state index contributed by atoms with van der Waals surface area (Å²) in [6.45, 7) is 2.44. The fourth-order valence-corrected chi connectivity index (χ4v) is 4.01. The van der Waals surface area contributed by atoms with E-state index < -0.39 is 5.54 Å². The van der Waals surface area contributed by atoms with Crippen LogP contribution in [0.1, 0.15) is 16.0 Å². The van der Waals surface area contributed by atoms with E-state index in [0.29, 0.717) is 6.54 Å². The highest BCUT2D eigenvalue weighted by Gasteiger charge is 2.28. The molecule has 0 aliphatic heterocycles. The molecule has 0 saturated carbocycles. The van der Waals surface area contributed by atoms with Crippen molar-refractivity contribution in [3.8, 4) is 10.4 Å². The summed E-state index contributed by atoms with van der Waals surface area (Å²) in [6.07, 6.45) is 1.69. The lowest BCUT2D eigenvalue weighted by Crippen LogP contribution is -2.45. The van der Waals surface area contributed by atoms with Gasteiger partial charge in [0.05, 0.1) is 22.9 Å². The van der Waals surface area contributed by atoms with E-state index in [1.807, 2.05) is 18.2 Å². The maximum atomic E-state index is 6.73. The van der Waals surface area contributed by atoms with E-state index >= 15 is 0 Å². The van der Waals surface area contributed by atoms with Gasteiger partial charge in [-0.3, -0.25) is 0 Å². The van der Waals surface area contributed by atoms with Crippen molar-refractivity contribution in [2.24, 2.45) is 11.5 Å². The zero-order valence-electron chi connectivity index (χ0n) is 14.0. The number of thiophene rings is 1. The second-order valence-electron chi connectivity index (χ2n) is 6.30. The average Bonchev–Trinajstić information content (AvgIpc) is 3.29. The van der Waals surface area contributed by atoms with E-state index in [4.69, 9.17) is 11.5 Å². The van der Waals surface area contributed by atoms with Crippen LogP contribution in [0.4, 0.5) is 0 Å². The minimum Gasteiger partial charge on any atom is -0.345 e. The molecule has 4 nitrogen and oxygen atoms in total. The van der Waals surface area contributed by atoms with Crippen LogP contribution >= 0.6 is 11.3 Å². The molecule has 5 heteroatoms. The number of H-pyrrole nitrogens is 1. The molecule has 0 bridgehead atoms. The van der Waals surface area contributed by atoms with Gasteiger partial charge in [-0.15, -0.1) is 11.3 Å². The van der Waals surface area contributed by atoms with Gasteiger partial charge >= 0.3 is 0 Å². The molecule has 0 saturated heterocycles. The number of hydrogen-bond donors (Lipinski definition) is 3. The van der Waals surface area contributed by atoms with Gasteiger partial charge in [0, 0.05) is 16.3 Å². The van der Waals surface area contributed by atoms with Gasteiger partial charge in [-0.05, 0) is 47.9 Å². The molecule has 4 rings (SSSR count). The van der Waals surface area contributed by atoms with Gasteiger partial charge in [-0.2, -0.15) is 0 Å². The first-order chi connectivity index (χ1) is 12.1. The summed E-state index contributed by atoms with van der Waals surface area (Å²) in [5, 5.41) is 0. The monoisotopic (exact) mass is 348 g/mol. The maximum absolute atomic E-state index is 6.73. The number of hydrogen-bond acceptors (Lipinski definition) is 4. The fraction of sp³-hybridized carbons (Fsp3) is 0.150. The van der Waals surface area contributed by atoms with E-state index in [0.717, 1.165) is 22.2 Å². The Morgan fingerprint density at radius 3 is 2.48 bits per heavy atom. The zero-order valence-corrected chi connectivity index (χ0v) is 14.8. The van der Waals surface area contributed by atoms with Gasteiger partial charge in [-0.25, -0.2) is 4.98 Å². The Morgan fingerprint density at radius 1 is 1.04 bits per heavy atom. The molecule has 0 spiro atoms. The lowest BCUT2D eigenvalue weighted by molar-refractivity contribution is 0.552. The van der Waals surface area contributed by atoms with Crippen molar-refractivity contribution < 1.29 is 0 Å². The summed E-state index contributed by atoms with van der Waals surface area (Å²) < 4.78 is 0. The van der Waals surface area contributed by atoms with Crippen molar-refractivity contribution in [2.45, 2.75) is 12.5 Å².